The molecule has 1 aliphatic rings. The Balaban J connectivity index is 1.57. The van der Waals surface area contributed by atoms with Gasteiger partial charge < -0.3 is 24.4 Å². The number of esters is 1. The van der Waals surface area contributed by atoms with E-state index in [1.807, 2.05) is 6.07 Å². The number of fused-ring (bicyclic) bond motifs is 1. The zero-order chi connectivity index (χ0) is 23.4. The predicted octanol–water partition coefficient (Wildman–Crippen LogP) is 3.66. The van der Waals surface area contributed by atoms with Crippen molar-refractivity contribution >= 4 is 29.2 Å². The summed E-state index contributed by atoms with van der Waals surface area (Å²) in [6, 6.07) is 18.8. The Hall–Kier alpha value is -4.33. The highest BCUT2D eigenvalue weighted by molar-refractivity contribution is 6.05. The van der Waals surface area contributed by atoms with Crippen molar-refractivity contribution in [2.75, 3.05) is 31.0 Å². The molecule has 4 rings (SSSR count). The van der Waals surface area contributed by atoms with Gasteiger partial charge in [-0.3, -0.25) is 9.59 Å². The molecule has 0 aromatic heterocycles. The second kappa shape index (κ2) is 9.44. The van der Waals surface area contributed by atoms with Gasteiger partial charge in [0.15, 0.2) is 6.61 Å². The Morgan fingerprint density at radius 1 is 1.00 bits per heavy atom. The first kappa shape index (κ1) is 21.9. The van der Waals surface area contributed by atoms with E-state index in [2.05, 4.69) is 5.32 Å². The fourth-order valence-electron chi connectivity index (χ4n) is 3.50. The van der Waals surface area contributed by atoms with E-state index in [-0.39, 0.29) is 25.0 Å². The fourth-order valence-corrected chi connectivity index (χ4v) is 3.50. The first-order valence-electron chi connectivity index (χ1n) is 10.2. The van der Waals surface area contributed by atoms with Gasteiger partial charge in [-0.05, 0) is 60.2 Å². The topological polar surface area (TPSA) is 94.2 Å². The van der Waals surface area contributed by atoms with Crippen molar-refractivity contribution in [3.63, 3.8) is 0 Å². The second-order valence-electron chi connectivity index (χ2n) is 7.33. The average molecular weight is 446 g/mol. The van der Waals surface area contributed by atoms with Crippen LogP contribution in [0, 0.1) is 0 Å². The van der Waals surface area contributed by atoms with Gasteiger partial charge in [0.25, 0.3) is 11.8 Å². The molecule has 0 saturated heterocycles. The highest BCUT2D eigenvalue weighted by atomic mass is 16.5. The third-order valence-corrected chi connectivity index (χ3v) is 5.20. The van der Waals surface area contributed by atoms with Crippen LogP contribution >= 0.6 is 0 Å². The molecular formula is C25H22N2O6. The lowest BCUT2D eigenvalue weighted by Gasteiger charge is -2.30. The SMILES string of the molecule is COC(=O)c1cccc(CN2C(=O)COc3ccc(NC(=O)c4ccc(OC)cc4)cc32)c1. The number of nitrogens with one attached hydrogen (secondary N) is 1. The maximum Gasteiger partial charge on any atom is 0.337 e. The van der Waals surface area contributed by atoms with E-state index in [4.69, 9.17) is 14.2 Å². The van der Waals surface area contributed by atoms with E-state index in [1.54, 1.807) is 72.7 Å². The van der Waals surface area contributed by atoms with E-state index in [9.17, 15) is 14.4 Å². The van der Waals surface area contributed by atoms with Crippen LogP contribution in [0.5, 0.6) is 11.5 Å². The molecular weight excluding hydrogens is 424 g/mol. The average Bonchev–Trinajstić information content (AvgIpc) is 2.85. The van der Waals surface area contributed by atoms with Gasteiger partial charge >= 0.3 is 5.97 Å². The monoisotopic (exact) mass is 446 g/mol. The summed E-state index contributed by atoms with van der Waals surface area (Å²) in [5.74, 6) is 0.209. The number of amides is 2. The molecule has 3 aromatic carbocycles. The quantitative estimate of drug-likeness (QED) is 0.581. The van der Waals surface area contributed by atoms with Gasteiger partial charge in [0.2, 0.25) is 0 Å². The highest BCUT2D eigenvalue weighted by Crippen LogP contribution is 2.35. The number of nitrogens with zero attached hydrogens (tertiary/aromatic N) is 1. The highest BCUT2D eigenvalue weighted by Gasteiger charge is 2.26. The Bertz CT molecular complexity index is 1210. The standard InChI is InChI=1S/C25H22N2O6/c1-31-20-9-6-17(7-10-20)24(29)26-19-8-11-22-21(13-19)27(23(28)15-33-22)14-16-4-3-5-18(12-16)25(30)32-2/h3-13H,14-15H2,1-2H3,(H,26,29). The van der Waals surface area contributed by atoms with Gasteiger partial charge in [-0.15, -0.1) is 0 Å². The fraction of sp³-hybridized carbons (Fsp3) is 0.160. The first-order valence-corrected chi connectivity index (χ1v) is 10.2. The van der Waals surface area contributed by atoms with E-state index in [0.717, 1.165) is 5.56 Å². The Morgan fingerprint density at radius 2 is 1.79 bits per heavy atom. The molecule has 0 aliphatic carbocycles. The molecule has 0 unspecified atom stereocenters. The van der Waals surface area contributed by atoms with E-state index >= 15 is 0 Å². The molecule has 0 spiro atoms. The van der Waals surface area contributed by atoms with Gasteiger partial charge in [-0.1, -0.05) is 12.1 Å². The molecule has 0 radical (unpaired) electrons. The lowest BCUT2D eigenvalue weighted by molar-refractivity contribution is -0.121. The summed E-state index contributed by atoms with van der Waals surface area (Å²) in [4.78, 5) is 38.7. The smallest absolute Gasteiger partial charge is 0.337 e. The maximum atomic E-state index is 12.7. The van der Waals surface area contributed by atoms with Crippen LogP contribution in [0.15, 0.2) is 66.7 Å². The summed E-state index contributed by atoms with van der Waals surface area (Å²) < 4.78 is 15.5. The minimum Gasteiger partial charge on any atom is -0.497 e. The molecule has 0 saturated carbocycles. The maximum absolute atomic E-state index is 12.7. The normalized spacial score (nSPS) is 12.4. The van der Waals surface area contributed by atoms with Crippen molar-refractivity contribution in [2.45, 2.75) is 6.54 Å². The van der Waals surface area contributed by atoms with Crippen molar-refractivity contribution in [3.05, 3.63) is 83.4 Å². The van der Waals surface area contributed by atoms with Crippen LogP contribution in [0.3, 0.4) is 0 Å². The number of benzene rings is 3. The summed E-state index contributed by atoms with van der Waals surface area (Å²) >= 11 is 0. The summed E-state index contributed by atoms with van der Waals surface area (Å²) in [6.07, 6.45) is 0. The summed E-state index contributed by atoms with van der Waals surface area (Å²) in [5.41, 5.74) is 2.67. The van der Waals surface area contributed by atoms with Crippen LogP contribution in [0.1, 0.15) is 26.3 Å². The molecule has 0 atom stereocenters. The molecule has 0 fully saturated rings. The molecule has 2 amide bonds. The molecule has 1 aliphatic heterocycles. The van der Waals surface area contributed by atoms with Crippen molar-refractivity contribution in [3.8, 4) is 11.5 Å². The summed E-state index contributed by atoms with van der Waals surface area (Å²) in [6.45, 7) is 0.136. The van der Waals surface area contributed by atoms with Crippen LogP contribution in [-0.2, 0) is 16.1 Å². The van der Waals surface area contributed by atoms with Crippen LogP contribution in [0.4, 0.5) is 11.4 Å². The zero-order valence-corrected chi connectivity index (χ0v) is 18.2. The van der Waals surface area contributed by atoms with Gasteiger partial charge in [-0.2, -0.15) is 0 Å². The number of carbonyl (C=O) groups is 3. The molecule has 8 nitrogen and oxygen atoms in total. The van der Waals surface area contributed by atoms with E-state index < -0.39 is 5.97 Å². The van der Waals surface area contributed by atoms with Crippen molar-refractivity contribution < 1.29 is 28.6 Å². The lowest BCUT2D eigenvalue weighted by atomic mass is 10.1. The Morgan fingerprint density at radius 3 is 2.52 bits per heavy atom. The van der Waals surface area contributed by atoms with Crippen LogP contribution in [0.2, 0.25) is 0 Å². The van der Waals surface area contributed by atoms with E-state index in [0.29, 0.717) is 34.0 Å². The summed E-state index contributed by atoms with van der Waals surface area (Å²) in [7, 11) is 2.88. The number of methoxy groups -OCH3 is 2. The summed E-state index contributed by atoms with van der Waals surface area (Å²) in [5, 5.41) is 2.84. The van der Waals surface area contributed by atoms with Crippen molar-refractivity contribution in [2.24, 2.45) is 0 Å². The number of hydrogen-bond donors (Lipinski definition) is 1. The van der Waals surface area contributed by atoms with Gasteiger partial charge in [0.05, 0.1) is 32.0 Å². The van der Waals surface area contributed by atoms with Crippen LogP contribution in [-0.4, -0.2) is 38.6 Å². The Labute approximate surface area is 190 Å². The molecule has 1 N–H and O–H groups in total. The number of ether oxygens (including phenoxy) is 3. The molecule has 0 bridgehead atoms. The molecule has 1 heterocycles. The first-order chi connectivity index (χ1) is 16.0. The number of carbonyl (C=O) groups excluding carboxylic acids is 3. The number of rotatable bonds is 6. The third-order valence-electron chi connectivity index (χ3n) is 5.20. The van der Waals surface area contributed by atoms with Crippen LogP contribution < -0.4 is 19.7 Å². The predicted molar refractivity (Wildman–Crippen MR) is 122 cm³/mol. The van der Waals surface area contributed by atoms with Crippen LogP contribution in [0.25, 0.3) is 0 Å². The second-order valence-corrected chi connectivity index (χ2v) is 7.33. The van der Waals surface area contributed by atoms with Gasteiger partial charge in [0.1, 0.15) is 11.5 Å². The van der Waals surface area contributed by atoms with Gasteiger partial charge in [0, 0.05) is 11.3 Å². The lowest BCUT2D eigenvalue weighted by Crippen LogP contribution is -2.38. The molecule has 33 heavy (non-hydrogen) atoms. The Kier molecular flexibility index (Phi) is 6.26. The van der Waals surface area contributed by atoms with E-state index in [1.165, 1.54) is 7.11 Å². The van der Waals surface area contributed by atoms with Crippen molar-refractivity contribution in [1.82, 2.24) is 0 Å². The molecule has 8 heteroatoms. The third kappa shape index (κ3) is 4.79. The minimum absolute atomic E-state index is 0.0960. The zero-order valence-electron chi connectivity index (χ0n) is 18.2. The van der Waals surface area contributed by atoms with Crippen molar-refractivity contribution in [1.29, 1.82) is 0 Å². The van der Waals surface area contributed by atoms with Gasteiger partial charge in [-0.25, -0.2) is 4.79 Å². The number of hydrogen-bond acceptors (Lipinski definition) is 6. The minimum atomic E-state index is -0.450. The molecule has 168 valence electrons. The largest absolute Gasteiger partial charge is 0.497 e. The molecule has 3 aromatic rings. The number of anilines is 2.